The summed E-state index contributed by atoms with van der Waals surface area (Å²) in [6, 6.07) is 9.59. The Bertz CT molecular complexity index is 1040. The molecule has 3 rings (SSSR count). The van der Waals surface area contributed by atoms with Gasteiger partial charge >= 0.3 is 0 Å². The molecule has 1 aliphatic rings. The Hall–Kier alpha value is -2.78. The first-order valence-corrected chi connectivity index (χ1v) is 10.9. The highest BCUT2D eigenvalue weighted by atomic mass is 32.2. The van der Waals surface area contributed by atoms with E-state index in [9.17, 15) is 13.2 Å². The molecular weight excluding hydrogens is 408 g/mol. The predicted octanol–water partition coefficient (Wildman–Crippen LogP) is 3.20. The zero-order valence-corrected chi connectivity index (χ0v) is 18.3. The van der Waals surface area contributed by atoms with Gasteiger partial charge in [-0.3, -0.25) is 4.79 Å². The molecule has 1 N–H and O–H groups in total. The maximum absolute atomic E-state index is 13.4. The fraction of sp³-hybridized carbons (Fsp3) is 0.381. The quantitative estimate of drug-likeness (QED) is 0.719. The van der Waals surface area contributed by atoms with Crippen molar-refractivity contribution < 1.29 is 27.4 Å². The van der Waals surface area contributed by atoms with Crippen LogP contribution in [-0.4, -0.2) is 46.5 Å². The normalized spacial score (nSPS) is 16.9. The number of nitrogens with zero attached hydrogens (tertiary/aromatic N) is 1. The van der Waals surface area contributed by atoms with Gasteiger partial charge in [0.05, 0.1) is 38.0 Å². The van der Waals surface area contributed by atoms with E-state index in [0.29, 0.717) is 35.9 Å². The fourth-order valence-corrected chi connectivity index (χ4v) is 5.40. The van der Waals surface area contributed by atoms with Crippen LogP contribution in [0.2, 0.25) is 0 Å². The first-order chi connectivity index (χ1) is 14.3. The van der Waals surface area contributed by atoms with E-state index in [2.05, 4.69) is 5.32 Å². The minimum Gasteiger partial charge on any atom is -0.495 e. The largest absolute Gasteiger partial charge is 0.495 e. The molecule has 1 unspecified atom stereocenters. The average molecular weight is 435 g/mol. The molecule has 0 spiro atoms. The Kier molecular flexibility index (Phi) is 6.52. The fourth-order valence-electron chi connectivity index (χ4n) is 3.69. The third-order valence-electron chi connectivity index (χ3n) is 5.08. The Morgan fingerprint density at radius 3 is 2.30 bits per heavy atom. The lowest BCUT2D eigenvalue weighted by atomic mass is 10.0. The molecule has 9 heteroatoms. The van der Waals surface area contributed by atoms with Crippen molar-refractivity contribution in [2.24, 2.45) is 0 Å². The van der Waals surface area contributed by atoms with E-state index in [-0.39, 0.29) is 16.8 Å². The number of carbonyl (C=O) groups is 1. The Balaban J connectivity index is 1.98. The van der Waals surface area contributed by atoms with Crippen molar-refractivity contribution in [1.29, 1.82) is 0 Å². The monoisotopic (exact) mass is 434 g/mol. The number of benzene rings is 2. The Morgan fingerprint density at radius 2 is 1.67 bits per heavy atom. The van der Waals surface area contributed by atoms with Crippen LogP contribution in [0.5, 0.6) is 17.2 Å². The van der Waals surface area contributed by atoms with Crippen molar-refractivity contribution >= 4 is 21.6 Å². The molecule has 1 atom stereocenters. The molecule has 30 heavy (non-hydrogen) atoms. The van der Waals surface area contributed by atoms with Gasteiger partial charge in [0.1, 0.15) is 5.75 Å². The molecule has 1 amide bonds. The lowest BCUT2D eigenvalue weighted by Gasteiger charge is -2.25. The van der Waals surface area contributed by atoms with Crippen molar-refractivity contribution in [3.8, 4) is 17.2 Å². The van der Waals surface area contributed by atoms with Gasteiger partial charge in [-0.2, -0.15) is 4.31 Å². The van der Waals surface area contributed by atoms with E-state index in [1.54, 1.807) is 26.4 Å². The molecule has 2 aromatic carbocycles. The highest BCUT2D eigenvalue weighted by molar-refractivity contribution is 7.89. The summed E-state index contributed by atoms with van der Waals surface area (Å²) in [7, 11) is 0.764. The van der Waals surface area contributed by atoms with E-state index < -0.39 is 10.0 Å². The number of hydrogen-bond donors (Lipinski definition) is 1. The number of ether oxygens (including phenoxy) is 3. The predicted molar refractivity (Wildman–Crippen MR) is 113 cm³/mol. The highest BCUT2D eigenvalue weighted by Gasteiger charge is 2.37. The molecule has 1 fully saturated rings. The summed E-state index contributed by atoms with van der Waals surface area (Å²) in [5.41, 5.74) is 1.15. The molecule has 0 aromatic heterocycles. The van der Waals surface area contributed by atoms with Crippen LogP contribution >= 0.6 is 0 Å². The summed E-state index contributed by atoms with van der Waals surface area (Å²) in [6.45, 7) is 1.76. The second-order valence-electron chi connectivity index (χ2n) is 6.93. The van der Waals surface area contributed by atoms with Gasteiger partial charge in [-0.05, 0) is 48.7 Å². The standard InChI is InChI=1S/C21H26N2O6S/c1-14(24)22-17-13-16(8-10-19(17)27-2)30(25,26)23-11-5-6-18(23)15-7-9-20(28-3)21(12-15)29-4/h7-10,12-13,18H,5-6,11H2,1-4H3,(H,22,24). The number of anilines is 1. The zero-order valence-electron chi connectivity index (χ0n) is 17.5. The molecule has 1 heterocycles. The van der Waals surface area contributed by atoms with E-state index >= 15 is 0 Å². The zero-order chi connectivity index (χ0) is 21.9. The van der Waals surface area contributed by atoms with Crippen LogP contribution in [0.15, 0.2) is 41.3 Å². The van der Waals surface area contributed by atoms with Crippen LogP contribution in [0.1, 0.15) is 31.4 Å². The minimum absolute atomic E-state index is 0.0967. The summed E-state index contributed by atoms with van der Waals surface area (Å²) in [5, 5.41) is 2.62. The number of sulfonamides is 1. The van der Waals surface area contributed by atoms with Gasteiger partial charge in [-0.1, -0.05) is 6.07 Å². The molecule has 162 valence electrons. The molecule has 1 saturated heterocycles. The number of hydrogen-bond acceptors (Lipinski definition) is 6. The molecule has 0 radical (unpaired) electrons. The molecule has 0 aliphatic carbocycles. The smallest absolute Gasteiger partial charge is 0.243 e. The number of nitrogens with one attached hydrogen (secondary N) is 1. The van der Waals surface area contributed by atoms with E-state index in [0.717, 1.165) is 12.0 Å². The van der Waals surface area contributed by atoms with Crippen LogP contribution in [0.3, 0.4) is 0 Å². The topological polar surface area (TPSA) is 94.2 Å². The van der Waals surface area contributed by atoms with Gasteiger partial charge in [-0.25, -0.2) is 8.42 Å². The number of amides is 1. The molecule has 2 aromatic rings. The maximum Gasteiger partial charge on any atom is 0.243 e. The van der Waals surface area contributed by atoms with Crippen molar-refractivity contribution in [2.75, 3.05) is 33.2 Å². The average Bonchev–Trinajstić information content (AvgIpc) is 3.23. The third kappa shape index (κ3) is 4.22. The lowest BCUT2D eigenvalue weighted by molar-refractivity contribution is -0.114. The van der Waals surface area contributed by atoms with Crippen molar-refractivity contribution in [3.05, 3.63) is 42.0 Å². The van der Waals surface area contributed by atoms with E-state index in [1.165, 1.54) is 30.5 Å². The van der Waals surface area contributed by atoms with Crippen molar-refractivity contribution in [2.45, 2.75) is 30.7 Å². The van der Waals surface area contributed by atoms with Crippen LogP contribution in [-0.2, 0) is 14.8 Å². The first kappa shape index (κ1) is 21.9. The van der Waals surface area contributed by atoms with Crippen LogP contribution in [0, 0.1) is 0 Å². The SMILES string of the molecule is COc1ccc(S(=O)(=O)N2CCCC2c2ccc(OC)c(OC)c2)cc1NC(C)=O. The number of methoxy groups -OCH3 is 3. The summed E-state index contributed by atoms with van der Waals surface area (Å²) < 4.78 is 44.3. The summed E-state index contributed by atoms with van der Waals surface area (Å²) in [5.74, 6) is 1.22. The van der Waals surface area contributed by atoms with Crippen LogP contribution in [0.25, 0.3) is 0 Å². The van der Waals surface area contributed by atoms with Crippen molar-refractivity contribution in [3.63, 3.8) is 0 Å². The summed E-state index contributed by atoms with van der Waals surface area (Å²) in [6.07, 6.45) is 1.44. The summed E-state index contributed by atoms with van der Waals surface area (Å²) in [4.78, 5) is 11.6. The van der Waals surface area contributed by atoms with Crippen molar-refractivity contribution in [1.82, 2.24) is 4.31 Å². The minimum atomic E-state index is -3.80. The highest BCUT2D eigenvalue weighted by Crippen LogP contribution is 2.40. The Morgan fingerprint density at radius 1 is 1.00 bits per heavy atom. The second-order valence-corrected chi connectivity index (χ2v) is 8.82. The van der Waals surface area contributed by atoms with Crippen LogP contribution in [0.4, 0.5) is 5.69 Å². The first-order valence-electron chi connectivity index (χ1n) is 9.51. The number of rotatable bonds is 7. The van der Waals surface area contributed by atoms with Gasteiger partial charge < -0.3 is 19.5 Å². The van der Waals surface area contributed by atoms with E-state index in [1.807, 2.05) is 12.1 Å². The van der Waals surface area contributed by atoms with Gasteiger partial charge in [0.25, 0.3) is 0 Å². The van der Waals surface area contributed by atoms with Gasteiger partial charge in [0.2, 0.25) is 15.9 Å². The second kappa shape index (κ2) is 8.93. The number of carbonyl (C=O) groups excluding carboxylic acids is 1. The van der Waals surface area contributed by atoms with E-state index in [4.69, 9.17) is 14.2 Å². The molecule has 0 saturated carbocycles. The molecule has 8 nitrogen and oxygen atoms in total. The third-order valence-corrected chi connectivity index (χ3v) is 6.99. The van der Waals surface area contributed by atoms with Gasteiger partial charge in [0, 0.05) is 13.5 Å². The molecule has 0 bridgehead atoms. The molecular formula is C21H26N2O6S. The maximum atomic E-state index is 13.4. The molecule has 1 aliphatic heterocycles. The van der Waals surface area contributed by atoms with Gasteiger partial charge in [-0.15, -0.1) is 0 Å². The lowest BCUT2D eigenvalue weighted by Crippen LogP contribution is -2.30. The van der Waals surface area contributed by atoms with Gasteiger partial charge in [0.15, 0.2) is 11.5 Å². The van der Waals surface area contributed by atoms with Crippen LogP contribution < -0.4 is 19.5 Å². The summed E-state index contributed by atoms with van der Waals surface area (Å²) >= 11 is 0. The Labute approximate surface area is 176 Å².